The van der Waals surface area contributed by atoms with Gasteiger partial charge in [0.2, 0.25) is 0 Å². The minimum Gasteiger partial charge on any atom is -0.374 e. The summed E-state index contributed by atoms with van der Waals surface area (Å²) in [4.78, 5) is 0. The van der Waals surface area contributed by atoms with Crippen LogP contribution in [0.15, 0.2) is 0 Å². The lowest BCUT2D eigenvalue weighted by atomic mass is 10.00. The van der Waals surface area contributed by atoms with Crippen LogP contribution in [0.4, 0.5) is 0 Å². The van der Waals surface area contributed by atoms with E-state index in [1.165, 1.54) is 0 Å². The Balaban J connectivity index is 4.18. The van der Waals surface area contributed by atoms with E-state index in [0.717, 1.165) is 6.61 Å². The summed E-state index contributed by atoms with van der Waals surface area (Å²) in [5.41, 5.74) is 0.100. The molecule has 2 heteroatoms. The molecule has 0 spiro atoms. The lowest BCUT2D eigenvalue weighted by molar-refractivity contribution is -0.0235. The van der Waals surface area contributed by atoms with Crippen LogP contribution in [0.3, 0.4) is 0 Å². The van der Waals surface area contributed by atoms with Gasteiger partial charge in [0.25, 0.3) is 0 Å². The first kappa shape index (κ1) is 14.9. The van der Waals surface area contributed by atoms with Crippen LogP contribution in [0, 0.1) is 5.92 Å². The average Bonchev–Trinajstić information content (AvgIpc) is 1.93. The molecular weight excluding hydrogens is 186 g/mol. The molecule has 1 N–H and O–H groups in total. The minimum absolute atomic E-state index is 0.0489. The van der Waals surface area contributed by atoms with Crippen molar-refractivity contribution in [3.8, 4) is 0 Å². The third-order valence-electron chi connectivity index (χ3n) is 2.12. The Bertz CT molecular complexity index is 174. The fourth-order valence-corrected chi connectivity index (χ4v) is 1.30. The quantitative estimate of drug-likeness (QED) is 0.777. The Hall–Kier alpha value is -0.0800. The third kappa shape index (κ3) is 8.88. The third-order valence-corrected chi connectivity index (χ3v) is 2.12. The summed E-state index contributed by atoms with van der Waals surface area (Å²) in [7, 11) is 0. The molecule has 0 aliphatic heterocycles. The van der Waals surface area contributed by atoms with Crippen LogP contribution in [-0.4, -0.2) is 23.8 Å². The topological polar surface area (TPSA) is 21.3 Å². The summed E-state index contributed by atoms with van der Waals surface area (Å²) < 4.78 is 5.84. The van der Waals surface area contributed by atoms with E-state index in [0.29, 0.717) is 12.0 Å². The fraction of sp³-hybridized carbons (Fsp3) is 1.00. The first-order chi connectivity index (χ1) is 6.51. The predicted molar refractivity (Wildman–Crippen MR) is 67.2 cm³/mol. The van der Waals surface area contributed by atoms with Gasteiger partial charge in [-0.2, -0.15) is 0 Å². The Morgan fingerprint density at radius 1 is 1.00 bits per heavy atom. The van der Waals surface area contributed by atoms with E-state index >= 15 is 0 Å². The lowest BCUT2D eigenvalue weighted by Gasteiger charge is -2.33. The summed E-state index contributed by atoms with van der Waals surface area (Å²) in [5, 5.41) is 3.60. The van der Waals surface area contributed by atoms with E-state index in [1.807, 2.05) is 0 Å². The van der Waals surface area contributed by atoms with Crippen molar-refractivity contribution in [1.82, 2.24) is 5.32 Å². The van der Waals surface area contributed by atoms with E-state index in [-0.39, 0.29) is 11.1 Å². The molecule has 15 heavy (non-hydrogen) atoms. The van der Waals surface area contributed by atoms with Gasteiger partial charge in [-0.25, -0.2) is 0 Å². The second kappa shape index (κ2) is 5.31. The van der Waals surface area contributed by atoms with Crippen molar-refractivity contribution in [1.29, 1.82) is 0 Å². The number of hydrogen-bond acceptors (Lipinski definition) is 2. The molecule has 0 unspecified atom stereocenters. The van der Waals surface area contributed by atoms with Gasteiger partial charge in [0.15, 0.2) is 0 Å². The van der Waals surface area contributed by atoms with Gasteiger partial charge in [-0.1, -0.05) is 13.8 Å². The molecule has 0 aromatic carbocycles. The molecule has 0 amide bonds. The summed E-state index contributed by atoms with van der Waals surface area (Å²) in [6, 6.07) is 0.421. The van der Waals surface area contributed by atoms with Crippen LogP contribution in [0.1, 0.15) is 55.4 Å². The zero-order valence-electron chi connectivity index (χ0n) is 11.8. The van der Waals surface area contributed by atoms with Crippen LogP contribution in [-0.2, 0) is 4.74 Å². The van der Waals surface area contributed by atoms with Crippen molar-refractivity contribution >= 4 is 0 Å². The number of hydrogen-bond donors (Lipinski definition) is 1. The highest BCUT2D eigenvalue weighted by molar-refractivity contribution is 4.80. The largest absolute Gasteiger partial charge is 0.374 e. The molecule has 0 saturated carbocycles. The Labute approximate surface area is 95.8 Å². The van der Waals surface area contributed by atoms with Crippen LogP contribution in [0.25, 0.3) is 0 Å². The fourth-order valence-electron chi connectivity index (χ4n) is 1.30. The smallest absolute Gasteiger partial charge is 0.0629 e. The maximum Gasteiger partial charge on any atom is 0.0629 e. The highest BCUT2D eigenvalue weighted by Gasteiger charge is 2.22. The van der Waals surface area contributed by atoms with E-state index in [4.69, 9.17) is 4.74 Å². The van der Waals surface area contributed by atoms with Crippen molar-refractivity contribution in [3.05, 3.63) is 0 Å². The summed E-state index contributed by atoms with van der Waals surface area (Å²) in [6.07, 6.45) is 0. The molecule has 92 valence electrons. The van der Waals surface area contributed by atoms with Crippen LogP contribution < -0.4 is 5.32 Å². The Morgan fingerprint density at radius 2 is 1.47 bits per heavy atom. The molecule has 0 fully saturated rings. The number of nitrogens with one attached hydrogen (secondary N) is 1. The first-order valence-electron chi connectivity index (χ1n) is 5.93. The second-order valence-electron chi connectivity index (χ2n) is 6.67. The van der Waals surface area contributed by atoms with Gasteiger partial charge >= 0.3 is 0 Å². The van der Waals surface area contributed by atoms with Gasteiger partial charge in [-0.3, -0.25) is 0 Å². The van der Waals surface area contributed by atoms with Gasteiger partial charge in [0.05, 0.1) is 12.2 Å². The molecule has 0 aromatic heterocycles. The SMILES string of the molecule is CC(C)[C@@H](COC(C)(C)C)NC(C)(C)C. The molecule has 2 nitrogen and oxygen atoms in total. The van der Waals surface area contributed by atoms with E-state index < -0.39 is 0 Å². The molecular formula is C13H29NO. The van der Waals surface area contributed by atoms with E-state index in [2.05, 4.69) is 60.7 Å². The summed E-state index contributed by atoms with van der Waals surface area (Å²) in [6.45, 7) is 18.1. The monoisotopic (exact) mass is 215 g/mol. The van der Waals surface area contributed by atoms with E-state index in [9.17, 15) is 0 Å². The van der Waals surface area contributed by atoms with Crippen LogP contribution >= 0.6 is 0 Å². The Kier molecular flexibility index (Phi) is 5.28. The number of ether oxygens (including phenoxy) is 1. The van der Waals surface area contributed by atoms with E-state index in [1.54, 1.807) is 0 Å². The molecule has 0 saturated heterocycles. The van der Waals surface area contributed by atoms with Gasteiger partial charge in [0.1, 0.15) is 0 Å². The van der Waals surface area contributed by atoms with Crippen molar-refractivity contribution in [2.24, 2.45) is 5.92 Å². The summed E-state index contributed by atoms with van der Waals surface area (Å²) in [5.74, 6) is 0.589. The van der Waals surface area contributed by atoms with Crippen LogP contribution in [0.5, 0.6) is 0 Å². The highest BCUT2D eigenvalue weighted by atomic mass is 16.5. The number of rotatable bonds is 4. The molecule has 0 radical (unpaired) electrons. The normalized spacial score (nSPS) is 15.8. The lowest BCUT2D eigenvalue weighted by Crippen LogP contribution is -2.49. The maximum absolute atomic E-state index is 5.84. The molecule has 0 aromatic rings. The average molecular weight is 215 g/mol. The van der Waals surface area contributed by atoms with Gasteiger partial charge in [-0.05, 0) is 47.5 Å². The molecule has 0 bridgehead atoms. The summed E-state index contributed by atoms with van der Waals surface area (Å²) >= 11 is 0. The van der Waals surface area contributed by atoms with Crippen molar-refractivity contribution in [2.75, 3.05) is 6.61 Å². The van der Waals surface area contributed by atoms with Gasteiger partial charge < -0.3 is 10.1 Å². The van der Waals surface area contributed by atoms with Crippen molar-refractivity contribution in [2.45, 2.75) is 72.6 Å². The zero-order valence-corrected chi connectivity index (χ0v) is 11.8. The van der Waals surface area contributed by atoms with Crippen molar-refractivity contribution in [3.63, 3.8) is 0 Å². The molecule has 0 aliphatic rings. The van der Waals surface area contributed by atoms with Gasteiger partial charge in [-0.15, -0.1) is 0 Å². The maximum atomic E-state index is 5.84. The van der Waals surface area contributed by atoms with Crippen LogP contribution in [0.2, 0.25) is 0 Å². The molecule has 0 heterocycles. The minimum atomic E-state index is -0.0489. The second-order valence-corrected chi connectivity index (χ2v) is 6.67. The van der Waals surface area contributed by atoms with Crippen molar-refractivity contribution < 1.29 is 4.74 Å². The zero-order chi connectivity index (χ0) is 12.3. The highest BCUT2D eigenvalue weighted by Crippen LogP contribution is 2.13. The molecule has 0 aliphatic carbocycles. The molecule has 1 atom stereocenters. The molecule has 0 rings (SSSR count). The standard InChI is InChI=1S/C13H29NO/c1-10(2)11(14-12(3,4)5)9-15-13(6,7)8/h10-11,14H,9H2,1-8H3/t11-/m1/s1. The Morgan fingerprint density at radius 3 is 1.73 bits per heavy atom. The first-order valence-corrected chi connectivity index (χ1v) is 5.93. The van der Waals surface area contributed by atoms with Gasteiger partial charge in [0, 0.05) is 11.6 Å². The predicted octanol–water partition coefficient (Wildman–Crippen LogP) is 3.21.